The summed E-state index contributed by atoms with van der Waals surface area (Å²) in [6, 6.07) is 4.57. The number of benzene rings is 1. The molecule has 6 heteroatoms. The largest absolute Gasteiger partial charge is 0.381 e. The lowest BCUT2D eigenvalue weighted by molar-refractivity contribution is -0.384. The first kappa shape index (κ1) is 14.2. The van der Waals surface area contributed by atoms with Crippen LogP contribution in [0, 0.1) is 16.0 Å². The SMILES string of the molecule is O=[N+]([O-])c1ccc(CNCCC2CCOC2)c(Cl)c1. The lowest BCUT2D eigenvalue weighted by Crippen LogP contribution is -2.18. The average molecular weight is 285 g/mol. The van der Waals surface area contributed by atoms with E-state index in [9.17, 15) is 10.1 Å². The molecule has 0 spiro atoms. The van der Waals surface area contributed by atoms with E-state index in [1.165, 1.54) is 12.1 Å². The van der Waals surface area contributed by atoms with Gasteiger partial charge in [0.1, 0.15) is 0 Å². The molecule has 0 amide bonds. The Labute approximate surface area is 117 Å². The van der Waals surface area contributed by atoms with Crippen molar-refractivity contribution in [3.8, 4) is 0 Å². The van der Waals surface area contributed by atoms with Crippen LogP contribution >= 0.6 is 11.6 Å². The number of nitrogens with zero attached hydrogens (tertiary/aromatic N) is 1. The molecule has 104 valence electrons. The van der Waals surface area contributed by atoms with Gasteiger partial charge in [-0.05, 0) is 36.9 Å². The molecule has 0 aliphatic carbocycles. The van der Waals surface area contributed by atoms with Gasteiger partial charge in [-0.15, -0.1) is 0 Å². The Hall–Kier alpha value is -1.17. The fourth-order valence-corrected chi connectivity index (χ4v) is 2.38. The van der Waals surface area contributed by atoms with Crippen molar-refractivity contribution in [2.45, 2.75) is 19.4 Å². The van der Waals surface area contributed by atoms with Gasteiger partial charge in [-0.1, -0.05) is 11.6 Å². The summed E-state index contributed by atoms with van der Waals surface area (Å²) < 4.78 is 5.31. The summed E-state index contributed by atoms with van der Waals surface area (Å²) in [7, 11) is 0. The third kappa shape index (κ3) is 4.16. The van der Waals surface area contributed by atoms with Gasteiger partial charge in [-0.25, -0.2) is 0 Å². The fraction of sp³-hybridized carbons (Fsp3) is 0.538. The van der Waals surface area contributed by atoms with Gasteiger partial charge in [0.2, 0.25) is 0 Å². The molecule has 0 aromatic heterocycles. The van der Waals surface area contributed by atoms with E-state index in [0.717, 1.165) is 38.2 Å². The Morgan fingerprint density at radius 1 is 1.53 bits per heavy atom. The normalized spacial score (nSPS) is 18.7. The fourth-order valence-electron chi connectivity index (χ4n) is 2.13. The highest BCUT2D eigenvalue weighted by Crippen LogP contribution is 2.22. The predicted octanol–water partition coefficient (Wildman–Crippen LogP) is 2.76. The van der Waals surface area contributed by atoms with Crippen molar-refractivity contribution in [2.75, 3.05) is 19.8 Å². The molecule has 19 heavy (non-hydrogen) atoms. The number of nitro benzene ring substituents is 1. The number of halogens is 1. The van der Waals surface area contributed by atoms with E-state index in [4.69, 9.17) is 16.3 Å². The molecule has 1 aromatic rings. The molecule has 1 saturated heterocycles. The van der Waals surface area contributed by atoms with Crippen molar-refractivity contribution in [1.29, 1.82) is 0 Å². The first-order valence-corrected chi connectivity index (χ1v) is 6.76. The van der Waals surface area contributed by atoms with Crippen molar-refractivity contribution in [1.82, 2.24) is 5.32 Å². The van der Waals surface area contributed by atoms with Crippen LogP contribution in [0.2, 0.25) is 5.02 Å². The lowest BCUT2D eigenvalue weighted by atomic mass is 10.1. The molecule has 0 radical (unpaired) electrons. The van der Waals surface area contributed by atoms with Gasteiger partial charge in [0, 0.05) is 31.9 Å². The van der Waals surface area contributed by atoms with Crippen LogP contribution in [0.3, 0.4) is 0 Å². The minimum Gasteiger partial charge on any atom is -0.381 e. The first-order chi connectivity index (χ1) is 9.16. The second-order valence-corrected chi connectivity index (χ2v) is 5.14. The van der Waals surface area contributed by atoms with Crippen LogP contribution in [0.25, 0.3) is 0 Å². The second-order valence-electron chi connectivity index (χ2n) is 4.73. The summed E-state index contributed by atoms with van der Waals surface area (Å²) in [5, 5.41) is 14.3. The Morgan fingerprint density at radius 2 is 2.37 bits per heavy atom. The molecule has 1 fully saturated rings. The summed E-state index contributed by atoms with van der Waals surface area (Å²) in [5.74, 6) is 0.653. The topological polar surface area (TPSA) is 64.4 Å². The lowest BCUT2D eigenvalue weighted by Gasteiger charge is -2.09. The molecular formula is C13H17ClN2O3. The molecule has 0 saturated carbocycles. The first-order valence-electron chi connectivity index (χ1n) is 6.38. The van der Waals surface area contributed by atoms with Gasteiger partial charge >= 0.3 is 0 Å². The van der Waals surface area contributed by atoms with Crippen LogP contribution in [-0.2, 0) is 11.3 Å². The minimum absolute atomic E-state index is 0.0249. The maximum atomic E-state index is 10.6. The van der Waals surface area contributed by atoms with E-state index in [1.807, 2.05) is 0 Å². The zero-order valence-electron chi connectivity index (χ0n) is 10.6. The zero-order chi connectivity index (χ0) is 13.7. The third-order valence-electron chi connectivity index (χ3n) is 3.32. The summed E-state index contributed by atoms with van der Waals surface area (Å²) in [4.78, 5) is 10.1. The van der Waals surface area contributed by atoms with Crippen molar-refractivity contribution < 1.29 is 9.66 Å². The Morgan fingerprint density at radius 3 is 3.00 bits per heavy atom. The number of nitro groups is 1. The van der Waals surface area contributed by atoms with Crippen LogP contribution in [0.4, 0.5) is 5.69 Å². The van der Waals surface area contributed by atoms with E-state index < -0.39 is 4.92 Å². The molecule has 1 atom stereocenters. The van der Waals surface area contributed by atoms with Crippen LogP contribution in [-0.4, -0.2) is 24.7 Å². The zero-order valence-corrected chi connectivity index (χ0v) is 11.4. The Bertz CT molecular complexity index is 448. The van der Waals surface area contributed by atoms with Crippen LogP contribution in [0.15, 0.2) is 18.2 Å². The highest BCUT2D eigenvalue weighted by atomic mass is 35.5. The summed E-state index contributed by atoms with van der Waals surface area (Å²) in [5.41, 5.74) is 0.909. The predicted molar refractivity (Wildman–Crippen MR) is 73.4 cm³/mol. The number of nitrogens with one attached hydrogen (secondary N) is 1. The Balaban J connectivity index is 1.77. The molecule has 1 N–H and O–H groups in total. The summed E-state index contributed by atoms with van der Waals surface area (Å²) >= 11 is 6.02. The summed E-state index contributed by atoms with van der Waals surface area (Å²) in [6.45, 7) is 3.27. The van der Waals surface area contributed by atoms with Crippen molar-refractivity contribution in [3.63, 3.8) is 0 Å². The number of ether oxygens (including phenoxy) is 1. The van der Waals surface area contributed by atoms with Gasteiger partial charge in [0.25, 0.3) is 5.69 Å². The Kier molecular flexibility index (Phi) is 5.13. The molecule has 1 aliphatic heterocycles. The van der Waals surface area contributed by atoms with Gasteiger partial charge in [-0.2, -0.15) is 0 Å². The summed E-state index contributed by atoms with van der Waals surface area (Å²) in [6.07, 6.45) is 2.23. The monoisotopic (exact) mass is 284 g/mol. The number of hydrogen-bond acceptors (Lipinski definition) is 4. The van der Waals surface area contributed by atoms with E-state index in [0.29, 0.717) is 17.5 Å². The van der Waals surface area contributed by atoms with Crippen LogP contribution in [0.1, 0.15) is 18.4 Å². The molecular weight excluding hydrogens is 268 g/mol. The van der Waals surface area contributed by atoms with Crippen molar-refractivity contribution >= 4 is 17.3 Å². The molecule has 1 aromatic carbocycles. The van der Waals surface area contributed by atoms with E-state index in [2.05, 4.69) is 5.32 Å². The van der Waals surface area contributed by atoms with Gasteiger partial charge < -0.3 is 10.1 Å². The minimum atomic E-state index is -0.441. The quantitative estimate of drug-likeness (QED) is 0.496. The maximum absolute atomic E-state index is 10.6. The molecule has 1 heterocycles. The molecule has 0 bridgehead atoms. The number of rotatable bonds is 6. The highest BCUT2D eigenvalue weighted by molar-refractivity contribution is 6.31. The van der Waals surface area contributed by atoms with E-state index in [-0.39, 0.29) is 5.69 Å². The van der Waals surface area contributed by atoms with E-state index in [1.54, 1.807) is 6.07 Å². The van der Waals surface area contributed by atoms with E-state index >= 15 is 0 Å². The van der Waals surface area contributed by atoms with Gasteiger partial charge in [-0.3, -0.25) is 10.1 Å². The standard InChI is InChI=1S/C13H17ClN2O3/c14-13-7-12(16(17)18)2-1-11(13)8-15-5-3-10-4-6-19-9-10/h1-2,7,10,15H,3-6,8-9H2. The smallest absolute Gasteiger partial charge is 0.270 e. The van der Waals surface area contributed by atoms with Crippen molar-refractivity contribution in [2.24, 2.45) is 5.92 Å². The van der Waals surface area contributed by atoms with Crippen LogP contribution < -0.4 is 5.32 Å². The number of hydrogen-bond donors (Lipinski definition) is 1. The third-order valence-corrected chi connectivity index (χ3v) is 3.67. The molecule has 2 rings (SSSR count). The maximum Gasteiger partial charge on any atom is 0.270 e. The van der Waals surface area contributed by atoms with Crippen LogP contribution in [0.5, 0.6) is 0 Å². The highest BCUT2D eigenvalue weighted by Gasteiger charge is 2.14. The number of non-ortho nitro benzene ring substituents is 1. The molecule has 1 unspecified atom stereocenters. The van der Waals surface area contributed by atoms with Crippen molar-refractivity contribution in [3.05, 3.63) is 38.9 Å². The molecule has 1 aliphatic rings. The molecule has 5 nitrogen and oxygen atoms in total. The van der Waals surface area contributed by atoms with Gasteiger partial charge in [0.05, 0.1) is 9.95 Å². The van der Waals surface area contributed by atoms with Gasteiger partial charge in [0.15, 0.2) is 0 Å². The second kappa shape index (κ2) is 6.84. The average Bonchev–Trinajstić information content (AvgIpc) is 2.89.